The molecule has 0 spiro atoms. The number of hydrogen-bond donors (Lipinski definition) is 1. The van der Waals surface area contributed by atoms with Crippen LogP contribution in [0.4, 0.5) is 4.39 Å². The quantitative estimate of drug-likeness (QED) is 0.928. The van der Waals surface area contributed by atoms with Gasteiger partial charge in [0.15, 0.2) is 12.4 Å². The highest BCUT2D eigenvalue weighted by atomic mass is 19.1. The second-order valence-corrected chi connectivity index (χ2v) is 3.53. The molecule has 0 amide bonds. The number of carboxylic acid groups (broad SMARTS) is 1. The molecule has 0 saturated carbocycles. The number of rotatable bonds is 4. The average Bonchev–Trinajstić information content (AvgIpc) is 2.81. The third-order valence-corrected chi connectivity index (χ3v) is 2.17. The Hall–Kier alpha value is -2.44. The summed E-state index contributed by atoms with van der Waals surface area (Å²) >= 11 is 0. The van der Waals surface area contributed by atoms with Crippen LogP contribution in [0, 0.1) is 5.82 Å². The number of aliphatic carboxylic acids is 1. The number of benzene rings is 1. The monoisotopic (exact) mass is 281 g/mol. The maximum Gasteiger partial charge on any atom is 0.341 e. The highest BCUT2D eigenvalue weighted by molar-refractivity contribution is 5.68. The van der Waals surface area contributed by atoms with Crippen LogP contribution in [0.25, 0.3) is 11.4 Å². The van der Waals surface area contributed by atoms with Crippen molar-refractivity contribution in [1.29, 1.82) is 0 Å². The minimum Gasteiger partial charge on any atom is -0.479 e. The van der Waals surface area contributed by atoms with Gasteiger partial charge in [0.1, 0.15) is 5.82 Å². The van der Waals surface area contributed by atoms with E-state index < -0.39 is 12.6 Å². The number of aryl methyl sites for hydroxylation is 1. The lowest BCUT2D eigenvalue weighted by atomic mass is 10.2. The number of ether oxygens (including phenoxy) is 1. The van der Waals surface area contributed by atoms with Crippen LogP contribution in [0.15, 0.2) is 24.3 Å². The predicted octanol–water partition coefficient (Wildman–Crippen LogP) is 2.11. The van der Waals surface area contributed by atoms with Crippen molar-refractivity contribution in [2.45, 2.75) is 13.8 Å². The smallest absolute Gasteiger partial charge is 0.341 e. The van der Waals surface area contributed by atoms with Gasteiger partial charge in [-0.3, -0.25) is 0 Å². The van der Waals surface area contributed by atoms with Gasteiger partial charge in [-0.2, -0.15) is 4.98 Å². The molecule has 20 heavy (non-hydrogen) atoms. The molecule has 0 saturated heterocycles. The van der Waals surface area contributed by atoms with Crippen molar-refractivity contribution in [2.24, 2.45) is 7.05 Å². The summed E-state index contributed by atoms with van der Waals surface area (Å²) in [5.74, 6) is -0.982. The molecular formula is C13H16FN3O3. The first-order valence-corrected chi connectivity index (χ1v) is 6.08. The lowest BCUT2D eigenvalue weighted by Gasteiger charge is -1.98. The lowest BCUT2D eigenvalue weighted by molar-refractivity contribution is -0.139. The Labute approximate surface area is 115 Å². The summed E-state index contributed by atoms with van der Waals surface area (Å²) in [4.78, 5) is 14.4. The van der Waals surface area contributed by atoms with Crippen molar-refractivity contribution in [1.82, 2.24) is 14.8 Å². The maximum atomic E-state index is 12.8. The van der Waals surface area contributed by atoms with Crippen LogP contribution in [0.2, 0.25) is 0 Å². The lowest BCUT2D eigenvalue weighted by Crippen LogP contribution is -2.10. The van der Waals surface area contributed by atoms with Gasteiger partial charge in [0.25, 0.3) is 0 Å². The third kappa shape index (κ3) is 4.04. The highest BCUT2D eigenvalue weighted by Gasteiger charge is 2.11. The van der Waals surface area contributed by atoms with E-state index in [1.807, 2.05) is 13.8 Å². The van der Waals surface area contributed by atoms with Crippen LogP contribution in [-0.2, 0) is 11.8 Å². The van der Waals surface area contributed by atoms with Gasteiger partial charge in [0.05, 0.1) is 0 Å². The first kappa shape index (κ1) is 15.6. The van der Waals surface area contributed by atoms with Gasteiger partial charge in [-0.15, -0.1) is 5.10 Å². The minimum absolute atomic E-state index is 0.0285. The van der Waals surface area contributed by atoms with Gasteiger partial charge in [0, 0.05) is 12.6 Å². The van der Waals surface area contributed by atoms with Crippen molar-refractivity contribution in [3.8, 4) is 17.4 Å². The number of carboxylic acids is 1. The van der Waals surface area contributed by atoms with Crippen LogP contribution in [-0.4, -0.2) is 32.4 Å². The van der Waals surface area contributed by atoms with Gasteiger partial charge in [-0.25, -0.2) is 13.9 Å². The number of nitrogens with zero attached hydrogens (tertiary/aromatic N) is 3. The van der Waals surface area contributed by atoms with E-state index in [0.29, 0.717) is 11.4 Å². The fraction of sp³-hybridized carbons (Fsp3) is 0.308. The molecule has 1 heterocycles. The third-order valence-electron chi connectivity index (χ3n) is 2.17. The summed E-state index contributed by atoms with van der Waals surface area (Å²) in [7, 11) is 1.64. The molecule has 7 heteroatoms. The molecule has 0 aliphatic carbocycles. The molecule has 0 fully saturated rings. The summed E-state index contributed by atoms with van der Waals surface area (Å²) < 4.78 is 19.1. The number of carbonyl (C=O) groups is 1. The maximum absolute atomic E-state index is 12.8. The van der Waals surface area contributed by atoms with Gasteiger partial charge in [0.2, 0.25) is 0 Å². The van der Waals surface area contributed by atoms with Gasteiger partial charge in [-0.05, 0) is 24.3 Å². The molecule has 2 aromatic rings. The van der Waals surface area contributed by atoms with Gasteiger partial charge in [-0.1, -0.05) is 13.8 Å². The number of aromatic nitrogens is 3. The minimum atomic E-state index is -1.11. The second-order valence-electron chi connectivity index (χ2n) is 3.53. The van der Waals surface area contributed by atoms with Crippen molar-refractivity contribution in [2.75, 3.05) is 6.61 Å². The number of hydrogen-bond acceptors (Lipinski definition) is 4. The van der Waals surface area contributed by atoms with Crippen LogP contribution < -0.4 is 4.74 Å². The van der Waals surface area contributed by atoms with Gasteiger partial charge >= 0.3 is 12.0 Å². The average molecular weight is 281 g/mol. The molecule has 0 aliphatic heterocycles. The van der Waals surface area contributed by atoms with E-state index in [9.17, 15) is 9.18 Å². The normalized spacial score (nSPS) is 9.60. The van der Waals surface area contributed by atoms with E-state index in [4.69, 9.17) is 9.84 Å². The van der Waals surface area contributed by atoms with Gasteiger partial charge < -0.3 is 9.84 Å². The zero-order valence-electron chi connectivity index (χ0n) is 11.5. The summed E-state index contributed by atoms with van der Waals surface area (Å²) in [5.41, 5.74) is 0.663. The molecule has 0 radical (unpaired) electrons. The van der Waals surface area contributed by atoms with Crippen LogP contribution in [0.1, 0.15) is 13.8 Å². The standard InChI is InChI=1S/C11H10FN3O3.C2H6/c1-15-10(7-2-4-8(12)5-3-7)13-11(14-15)18-6-9(16)17;1-2/h2-5H,6H2,1H3,(H,16,17);1-2H3. The first-order chi connectivity index (χ1) is 9.56. The highest BCUT2D eigenvalue weighted by Crippen LogP contribution is 2.19. The zero-order valence-corrected chi connectivity index (χ0v) is 11.5. The van der Waals surface area contributed by atoms with Crippen LogP contribution in [0.3, 0.4) is 0 Å². The number of halogens is 1. The van der Waals surface area contributed by atoms with Crippen molar-refractivity contribution < 1.29 is 19.0 Å². The molecule has 0 bridgehead atoms. The predicted molar refractivity (Wildman–Crippen MR) is 70.9 cm³/mol. The Kier molecular flexibility index (Phi) is 5.64. The Morgan fingerprint density at radius 1 is 1.35 bits per heavy atom. The largest absolute Gasteiger partial charge is 0.479 e. The van der Waals surface area contributed by atoms with Crippen LogP contribution in [0.5, 0.6) is 6.01 Å². The Bertz CT molecular complexity index is 567. The Morgan fingerprint density at radius 3 is 2.50 bits per heavy atom. The molecule has 2 rings (SSSR count). The topological polar surface area (TPSA) is 77.2 Å². The molecule has 1 N–H and O–H groups in total. The van der Waals surface area contributed by atoms with Crippen LogP contribution >= 0.6 is 0 Å². The van der Waals surface area contributed by atoms with E-state index >= 15 is 0 Å². The summed E-state index contributed by atoms with van der Waals surface area (Å²) in [5, 5.41) is 12.4. The van der Waals surface area contributed by atoms with Crippen molar-refractivity contribution in [3.63, 3.8) is 0 Å². The van der Waals surface area contributed by atoms with E-state index in [0.717, 1.165) is 0 Å². The SMILES string of the molecule is CC.Cn1nc(OCC(=O)O)nc1-c1ccc(F)cc1. The first-order valence-electron chi connectivity index (χ1n) is 6.08. The van der Waals surface area contributed by atoms with E-state index in [1.54, 1.807) is 19.2 Å². The molecule has 1 aromatic heterocycles. The molecule has 1 aromatic carbocycles. The summed E-state index contributed by atoms with van der Waals surface area (Å²) in [6.07, 6.45) is 0. The van der Waals surface area contributed by atoms with E-state index in [2.05, 4.69) is 10.1 Å². The fourth-order valence-corrected chi connectivity index (χ4v) is 1.40. The Morgan fingerprint density at radius 2 is 1.95 bits per heavy atom. The molecule has 0 atom stereocenters. The Balaban J connectivity index is 0.000000956. The second kappa shape index (κ2) is 7.22. The summed E-state index contributed by atoms with van der Waals surface area (Å²) in [6.45, 7) is 3.49. The molecule has 6 nitrogen and oxygen atoms in total. The van der Waals surface area contributed by atoms with Crippen molar-refractivity contribution >= 4 is 5.97 Å². The summed E-state index contributed by atoms with van der Waals surface area (Å²) in [6, 6.07) is 5.70. The fourth-order valence-electron chi connectivity index (χ4n) is 1.40. The molecule has 0 unspecified atom stereocenters. The zero-order chi connectivity index (χ0) is 15.1. The molecule has 108 valence electrons. The van der Waals surface area contributed by atoms with E-state index in [1.165, 1.54) is 16.8 Å². The molecular weight excluding hydrogens is 265 g/mol. The van der Waals surface area contributed by atoms with E-state index in [-0.39, 0.29) is 11.8 Å². The van der Waals surface area contributed by atoms with Crippen molar-refractivity contribution in [3.05, 3.63) is 30.1 Å². The molecule has 0 aliphatic rings.